The number of halogens is 1. The van der Waals surface area contributed by atoms with Crippen molar-refractivity contribution in [2.45, 2.75) is 0 Å². The Morgan fingerprint density at radius 1 is 1.05 bits per heavy atom. The van der Waals surface area contributed by atoms with Crippen LogP contribution < -0.4 is 24.0 Å². The number of benzene rings is 2. The lowest BCUT2D eigenvalue weighted by Crippen LogP contribution is -3.00. The fraction of sp³-hybridized carbons (Fsp3) is 0.118. The highest BCUT2D eigenvalue weighted by atomic mass is 127. The van der Waals surface area contributed by atoms with Gasteiger partial charge in [0.05, 0.1) is 5.56 Å². The van der Waals surface area contributed by atoms with Crippen LogP contribution in [0.4, 0.5) is 5.69 Å². The molecule has 2 rings (SSSR count). The van der Waals surface area contributed by atoms with Crippen molar-refractivity contribution < 1.29 is 28.6 Å². The molecule has 0 fully saturated rings. The molecule has 0 aliphatic carbocycles. The number of hydrogen-bond donors (Lipinski definition) is 0. The van der Waals surface area contributed by atoms with Gasteiger partial charge in [-0.3, -0.25) is 0 Å². The van der Waals surface area contributed by atoms with Crippen LogP contribution in [0.5, 0.6) is 0 Å². The van der Waals surface area contributed by atoms with Crippen LogP contribution in [0.1, 0.15) is 5.56 Å². The lowest BCUT2D eigenvalue weighted by Gasteiger charge is -2.07. The van der Waals surface area contributed by atoms with Crippen molar-refractivity contribution in [1.82, 2.24) is 0 Å². The average Bonchev–Trinajstić information content (AvgIpc) is 2.49. The summed E-state index contributed by atoms with van der Waals surface area (Å²) in [7, 11) is 0. The SMILES string of the molecule is C=CC[N+](=C(SC)c1ccccc1)c1ccccc1.[I-]. The van der Waals surface area contributed by atoms with E-state index in [1.807, 2.05) is 18.2 Å². The first-order chi connectivity index (χ1) is 9.36. The summed E-state index contributed by atoms with van der Waals surface area (Å²) in [6, 6.07) is 20.9. The van der Waals surface area contributed by atoms with E-state index in [1.165, 1.54) is 16.3 Å². The molecule has 0 spiro atoms. The molecular weight excluding hydrogens is 377 g/mol. The molecule has 20 heavy (non-hydrogen) atoms. The van der Waals surface area contributed by atoms with E-state index in [0.29, 0.717) is 0 Å². The average molecular weight is 395 g/mol. The zero-order chi connectivity index (χ0) is 13.5. The first kappa shape index (κ1) is 17.0. The van der Waals surface area contributed by atoms with Crippen LogP contribution in [0.25, 0.3) is 0 Å². The van der Waals surface area contributed by atoms with Crippen LogP contribution in [0.15, 0.2) is 73.3 Å². The van der Waals surface area contributed by atoms with Gasteiger partial charge in [-0.25, -0.2) is 0 Å². The molecule has 0 aromatic heterocycles. The quantitative estimate of drug-likeness (QED) is 0.248. The molecule has 0 saturated carbocycles. The Morgan fingerprint density at radius 2 is 1.60 bits per heavy atom. The molecule has 0 unspecified atom stereocenters. The second kappa shape index (κ2) is 8.97. The molecule has 0 N–H and O–H groups in total. The standard InChI is InChI=1S/C17H18NS.HI/c1-3-14-18(16-12-8-5-9-13-16)17(19-2)15-10-6-4-7-11-15;/h3-13H,1,14H2,2H3;1H/q+1;/p-1. The van der Waals surface area contributed by atoms with Gasteiger partial charge in [0.1, 0.15) is 0 Å². The molecule has 0 amide bonds. The van der Waals surface area contributed by atoms with Crippen molar-refractivity contribution in [2.24, 2.45) is 0 Å². The van der Waals surface area contributed by atoms with Crippen LogP contribution in [0.3, 0.4) is 0 Å². The summed E-state index contributed by atoms with van der Waals surface area (Å²) in [5.74, 6) is 0. The van der Waals surface area contributed by atoms with E-state index < -0.39 is 0 Å². The highest BCUT2D eigenvalue weighted by Gasteiger charge is 2.17. The summed E-state index contributed by atoms with van der Waals surface area (Å²) in [5.41, 5.74) is 2.43. The van der Waals surface area contributed by atoms with Crippen molar-refractivity contribution in [3.8, 4) is 0 Å². The molecule has 2 aromatic rings. The summed E-state index contributed by atoms with van der Waals surface area (Å²) in [5, 5.41) is 1.24. The smallest absolute Gasteiger partial charge is 0.247 e. The zero-order valence-corrected chi connectivity index (χ0v) is 14.5. The van der Waals surface area contributed by atoms with Crippen LogP contribution in [-0.4, -0.2) is 22.4 Å². The summed E-state index contributed by atoms with van der Waals surface area (Å²) in [6.45, 7) is 4.67. The minimum Gasteiger partial charge on any atom is -1.00 e. The van der Waals surface area contributed by atoms with Crippen molar-refractivity contribution >= 4 is 22.5 Å². The molecule has 0 saturated heterocycles. The van der Waals surface area contributed by atoms with Gasteiger partial charge in [0.15, 0.2) is 6.54 Å². The van der Waals surface area contributed by atoms with Gasteiger partial charge in [-0.1, -0.05) is 54.7 Å². The molecular formula is C17H18INS. The Bertz CT molecular complexity index is 564. The maximum atomic E-state index is 3.87. The number of nitrogens with zero attached hydrogens (tertiary/aromatic N) is 1. The molecule has 2 aromatic carbocycles. The lowest BCUT2D eigenvalue weighted by atomic mass is 10.2. The Labute approximate surface area is 142 Å². The van der Waals surface area contributed by atoms with E-state index in [2.05, 4.69) is 65.9 Å². The van der Waals surface area contributed by atoms with E-state index in [9.17, 15) is 0 Å². The summed E-state index contributed by atoms with van der Waals surface area (Å²) < 4.78 is 2.28. The van der Waals surface area contributed by atoms with Gasteiger partial charge in [0.2, 0.25) is 10.7 Å². The molecule has 0 aliphatic heterocycles. The van der Waals surface area contributed by atoms with Gasteiger partial charge < -0.3 is 24.0 Å². The molecule has 0 heterocycles. The fourth-order valence-electron chi connectivity index (χ4n) is 2.01. The normalized spacial score (nSPS) is 11.2. The van der Waals surface area contributed by atoms with E-state index in [4.69, 9.17) is 0 Å². The molecule has 0 bridgehead atoms. The van der Waals surface area contributed by atoms with Gasteiger partial charge >= 0.3 is 0 Å². The number of thioether (sulfide) groups is 1. The largest absolute Gasteiger partial charge is 1.00 e. The number of rotatable bonds is 4. The summed E-state index contributed by atoms with van der Waals surface area (Å²) in [4.78, 5) is 0. The van der Waals surface area contributed by atoms with Crippen LogP contribution in [0, 0.1) is 0 Å². The third-order valence-corrected chi connectivity index (χ3v) is 3.68. The highest BCUT2D eigenvalue weighted by Crippen LogP contribution is 2.18. The van der Waals surface area contributed by atoms with Gasteiger partial charge in [-0.05, 0) is 24.5 Å². The number of para-hydroxylation sites is 1. The minimum absolute atomic E-state index is 0. The Hall–Kier alpha value is -1.07. The first-order valence-corrected chi connectivity index (χ1v) is 7.49. The zero-order valence-electron chi connectivity index (χ0n) is 11.5. The third kappa shape index (κ3) is 4.21. The Balaban J connectivity index is 0.00000200. The second-order valence-electron chi connectivity index (χ2n) is 4.11. The maximum Gasteiger partial charge on any atom is 0.247 e. The monoisotopic (exact) mass is 395 g/mol. The minimum atomic E-state index is 0. The maximum absolute atomic E-state index is 3.87. The molecule has 104 valence electrons. The third-order valence-electron chi connectivity index (χ3n) is 2.84. The van der Waals surface area contributed by atoms with E-state index in [1.54, 1.807) is 11.8 Å². The summed E-state index contributed by atoms with van der Waals surface area (Å²) >= 11 is 1.76. The second-order valence-corrected chi connectivity index (χ2v) is 4.91. The predicted molar refractivity (Wildman–Crippen MR) is 85.5 cm³/mol. The van der Waals surface area contributed by atoms with E-state index >= 15 is 0 Å². The van der Waals surface area contributed by atoms with Crippen molar-refractivity contribution in [3.05, 3.63) is 78.9 Å². The van der Waals surface area contributed by atoms with Gasteiger partial charge in [-0.2, -0.15) is 4.58 Å². The predicted octanol–water partition coefficient (Wildman–Crippen LogP) is 1.33. The molecule has 0 aliphatic rings. The van der Waals surface area contributed by atoms with E-state index in [0.717, 1.165) is 6.54 Å². The summed E-state index contributed by atoms with van der Waals surface area (Å²) in [6.07, 6.45) is 4.05. The molecule has 0 atom stereocenters. The molecule has 1 nitrogen and oxygen atoms in total. The van der Waals surface area contributed by atoms with Gasteiger partial charge in [0, 0.05) is 12.1 Å². The Kier molecular flexibility index (Phi) is 7.62. The lowest BCUT2D eigenvalue weighted by molar-refractivity contribution is -0.424. The van der Waals surface area contributed by atoms with Crippen LogP contribution >= 0.6 is 11.8 Å². The Morgan fingerprint density at radius 3 is 2.10 bits per heavy atom. The number of hydrogen-bond acceptors (Lipinski definition) is 1. The van der Waals surface area contributed by atoms with Gasteiger partial charge in [-0.15, -0.1) is 0 Å². The van der Waals surface area contributed by atoms with Crippen LogP contribution in [0.2, 0.25) is 0 Å². The van der Waals surface area contributed by atoms with E-state index in [-0.39, 0.29) is 24.0 Å². The van der Waals surface area contributed by atoms with Crippen molar-refractivity contribution in [1.29, 1.82) is 0 Å². The fourth-order valence-corrected chi connectivity index (χ4v) is 2.78. The van der Waals surface area contributed by atoms with Crippen LogP contribution in [-0.2, 0) is 0 Å². The topological polar surface area (TPSA) is 3.01 Å². The molecule has 3 heteroatoms. The first-order valence-electron chi connectivity index (χ1n) is 6.26. The van der Waals surface area contributed by atoms with Gasteiger partial charge in [0.25, 0.3) is 0 Å². The molecule has 0 radical (unpaired) electrons. The highest BCUT2D eigenvalue weighted by molar-refractivity contribution is 8.13. The van der Waals surface area contributed by atoms with Crippen molar-refractivity contribution in [2.75, 3.05) is 12.8 Å². The van der Waals surface area contributed by atoms with Crippen molar-refractivity contribution in [3.63, 3.8) is 0 Å².